The number of fused-ring (bicyclic) bond motifs is 1. The van der Waals surface area contributed by atoms with Crippen LogP contribution in [0.2, 0.25) is 5.02 Å². The first-order valence-electron chi connectivity index (χ1n) is 6.28. The Morgan fingerprint density at radius 3 is 2.80 bits per heavy atom. The number of carbonyl (C=O) groups excluding carboxylic acids is 1. The molecule has 3 heteroatoms. The summed E-state index contributed by atoms with van der Waals surface area (Å²) in [6, 6.07) is 14.9. The van der Waals surface area contributed by atoms with E-state index in [2.05, 4.69) is 4.98 Å². The fraction of sp³-hybridized carbons (Fsp3) is 0. The lowest BCUT2D eigenvalue weighted by Crippen LogP contribution is -1.93. The number of halogens is 1. The molecule has 0 bridgehead atoms. The van der Waals surface area contributed by atoms with E-state index in [4.69, 9.17) is 11.6 Å². The topological polar surface area (TPSA) is 32.9 Å². The Morgan fingerprint density at radius 2 is 1.95 bits per heavy atom. The SMILES string of the molecule is O=C(/C=C/c1c[nH]c2ccccc12)c1cccc(Cl)c1. The number of aromatic nitrogens is 1. The summed E-state index contributed by atoms with van der Waals surface area (Å²) in [5.41, 5.74) is 2.65. The van der Waals surface area contributed by atoms with Gasteiger partial charge in [-0.1, -0.05) is 41.9 Å². The van der Waals surface area contributed by atoms with Gasteiger partial charge in [-0.2, -0.15) is 0 Å². The number of hydrogen-bond donors (Lipinski definition) is 1. The van der Waals surface area contributed by atoms with Crippen molar-refractivity contribution in [1.29, 1.82) is 0 Å². The highest BCUT2D eigenvalue weighted by molar-refractivity contribution is 6.31. The summed E-state index contributed by atoms with van der Waals surface area (Å²) < 4.78 is 0. The molecular formula is C17H12ClNO. The molecule has 2 nitrogen and oxygen atoms in total. The lowest BCUT2D eigenvalue weighted by atomic mass is 10.1. The van der Waals surface area contributed by atoms with Gasteiger partial charge in [-0.15, -0.1) is 0 Å². The molecule has 0 aliphatic carbocycles. The van der Waals surface area contributed by atoms with E-state index in [1.165, 1.54) is 0 Å². The van der Waals surface area contributed by atoms with Gasteiger partial charge in [-0.3, -0.25) is 4.79 Å². The number of H-pyrrole nitrogens is 1. The summed E-state index contributed by atoms with van der Waals surface area (Å²) in [5.74, 6) is -0.0576. The number of carbonyl (C=O) groups is 1. The minimum atomic E-state index is -0.0576. The molecule has 0 atom stereocenters. The predicted octanol–water partition coefficient (Wildman–Crippen LogP) is 4.72. The predicted molar refractivity (Wildman–Crippen MR) is 83.1 cm³/mol. The molecule has 3 rings (SSSR count). The summed E-state index contributed by atoms with van der Waals surface area (Å²) in [4.78, 5) is 15.2. The molecule has 0 unspecified atom stereocenters. The molecule has 3 aromatic rings. The van der Waals surface area contributed by atoms with Crippen molar-refractivity contribution in [2.75, 3.05) is 0 Å². The average Bonchev–Trinajstić information content (AvgIpc) is 2.88. The van der Waals surface area contributed by atoms with Crippen LogP contribution in [0.3, 0.4) is 0 Å². The van der Waals surface area contributed by atoms with Gasteiger partial charge in [0.05, 0.1) is 0 Å². The molecule has 0 fully saturated rings. The molecule has 0 saturated carbocycles. The number of benzene rings is 2. The fourth-order valence-corrected chi connectivity index (χ4v) is 2.33. The van der Waals surface area contributed by atoms with E-state index in [-0.39, 0.29) is 5.78 Å². The van der Waals surface area contributed by atoms with Crippen LogP contribution in [0.5, 0.6) is 0 Å². The molecule has 0 spiro atoms. The number of allylic oxidation sites excluding steroid dienone is 1. The zero-order valence-corrected chi connectivity index (χ0v) is 11.4. The number of ketones is 1. The van der Waals surface area contributed by atoms with E-state index >= 15 is 0 Å². The Bertz CT molecular complexity index is 801. The molecule has 0 radical (unpaired) electrons. The maximum atomic E-state index is 12.1. The molecule has 98 valence electrons. The Labute approximate surface area is 121 Å². The van der Waals surface area contributed by atoms with Crippen molar-refractivity contribution in [3.05, 3.63) is 77.0 Å². The number of hydrogen-bond acceptors (Lipinski definition) is 1. The van der Waals surface area contributed by atoms with Crippen LogP contribution >= 0.6 is 11.6 Å². The maximum absolute atomic E-state index is 12.1. The lowest BCUT2D eigenvalue weighted by Gasteiger charge is -1.96. The molecule has 1 N–H and O–H groups in total. The van der Waals surface area contributed by atoms with E-state index in [1.807, 2.05) is 36.5 Å². The van der Waals surface area contributed by atoms with E-state index in [0.29, 0.717) is 10.6 Å². The number of nitrogens with one attached hydrogen (secondary N) is 1. The molecule has 1 aromatic heterocycles. The van der Waals surface area contributed by atoms with Crippen molar-refractivity contribution in [2.24, 2.45) is 0 Å². The van der Waals surface area contributed by atoms with Crippen molar-refractivity contribution < 1.29 is 4.79 Å². The van der Waals surface area contributed by atoms with Crippen LogP contribution in [0, 0.1) is 0 Å². The Balaban J connectivity index is 1.89. The first-order valence-corrected chi connectivity index (χ1v) is 6.66. The molecule has 2 aromatic carbocycles. The van der Waals surface area contributed by atoms with Crippen LogP contribution in [0.25, 0.3) is 17.0 Å². The molecule has 0 saturated heterocycles. The van der Waals surface area contributed by atoms with Crippen LogP contribution in [0.15, 0.2) is 60.8 Å². The third kappa shape index (κ3) is 2.51. The normalized spacial score (nSPS) is 11.2. The molecule has 0 aliphatic heterocycles. The van der Waals surface area contributed by atoms with Gasteiger partial charge in [-0.25, -0.2) is 0 Å². The molecular weight excluding hydrogens is 270 g/mol. The van der Waals surface area contributed by atoms with Crippen molar-refractivity contribution in [2.45, 2.75) is 0 Å². The minimum Gasteiger partial charge on any atom is -0.361 e. The van der Waals surface area contributed by atoms with Gasteiger partial charge in [0.25, 0.3) is 0 Å². The van der Waals surface area contributed by atoms with Crippen molar-refractivity contribution in [3.63, 3.8) is 0 Å². The van der Waals surface area contributed by atoms with Crippen LogP contribution in [0.1, 0.15) is 15.9 Å². The second kappa shape index (κ2) is 5.35. The standard InChI is InChI=1S/C17H12ClNO/c18-14-5-3-4-12(10-14)17(20)9-8-13-11-19-16-7-2-1-6-15(13)16/h1-11,19H/b9-8+. The zero-order valence-electron chi connectivity index (χ0n) is 10.6. The second-order valence-electron chi connectivity index (χ2n) is 4.50. The van der Waals surface area contributed by atoms with Gasteiger partial charge >= 0.3 is 0 Å². The third-order valence-corrected chi connectivity index (χ3v) is 3.38. The first kappa shape index (κ1) is 12.7. The Morgan fingerprint density at radius 1 is 1.10 bits per heavy atom. The van der Waals surface area contributed by atoms with Gasteiger partial charge in [0, 0.05) is 27.7 Å². The lowest BCUT2D eigenvalue weighted by molar-refractivity contribution is 0.104. The van der Waals surface area contributed by atoms with Gasteiger partial charge in [0.15, 0.2) is 5.78 Å². The Hall–Kier alpha value is -2.32. The minimum absolute atomic E-state index is 0.0576. The molecule has 0 amide bonds. The second-order valence-corrected chi connectivity index (χ2v) is 4.93. The Kier molecular flexibility index (Phi) is 3.40. The highest BCUT2D eigenvalue weighted by atomic mass is 35.5. The summed E-state index contributed by atoms with van der Waals surface area (Å²) in [6.45, 7) is 0. The maximum Gasteiger partial charge on any atom is 0.185 e. The van der Waals surface area contributed by atoms with Crippen molar-refractivity contribution >= 4 is 34.4 Å². The summed E-state index contributed by atoms with van der Waals surface area (Å²) >= 11 is 5.89. The van der Waals surface area contributed by atoms with E-state index in [1.54, 1.807) is 30.3 Å². The largest absolute Gasteiger partial charge is 0.361 e. The summed E-state index contributed by atoms with van der Waals surface area (Å²) in [5, 5.41) is 1.67. The highest BCUT2D eigenvalue weighted by Crippen LogP contribution is 2.19. The zero-order chi connectivity index (χ0) is 13.9. The van der Waals surface area contributed by atoms with Gasteiger partial charge in [0.2, 0.25) is 0 Å². The monoisotopic (exact) mass is 281 g/mol. The van der Waals surface area contributed by atoms with Gasteiger partial charge in [0.1, 0.15) is 0 Å². The quantitative estimate of drug-likeness (QED) is 0.547. The molecule has 0 aliphatic rings. The first-order chi connectivity index (χ1) is 9.74. The van der Waals surface area contributed by atoms with E-state index in [0.717, 1.165) is 16.5 Å². The van der Waals surface area contributed by atoms with Crippen LogP contribution < -0.4 is 0 Å². The number of aromatic amines is 1. The fourth-order valence-electron chi connectivity index (χ4n) is 2.14. The van der Waals surface area contributed by atoms with Crippen LogP contribution in [-0.4, -0.2) is 10.8 Å². The molecule has 20 heavy (non-hydrogen) atoms. The van der Waals surface area contributed by atoms with Crippen molar-refractivity contribution in [3.8, 4) is 0 Å². The van der Waals surface area contributed by atoms with Crippen LogP contribution in [-0.2, 0) is 0 Å². The smallest absolute Gasteiger partial charge is 0.185 e. The summed E-state index contributed by atoms with van der Waals surface area (Å²) in [7, 11) is 0. The van der Waals surface area contributed by atoms with Crippen molar-refractivity contribution in [1.82, 2.24) is 4.98 Å². The summed E-state index contributed by atoms with van der Waals surface area (Å²) in [6.07, 6.45) is 5.29. The van der Waals surface area contributed by atoms with E-state index < -0.39 is 0 Å². The van der Waals surface area contributed by atoms with Crippen LogP contribution in [0.4, 0.5) is 0 Å². The highest BCUT2D eigenvalue weighted by Gasteiger charge is 2.03. The van der Waals surface area contributed by atoms with E-state index in [9.17, 15) is 4.79 Å². The number of para-hydroxylation sites is 1. The number of rotatable bonds is 3. The molecule has 1 heterocycles. The third-order valence-electron chi connectivity index (χ3n) is 3.14. The average molecular weight is 282 g/mol. The van der Waals surface area contributed by atoms with Gasteiger partial charge in [-0.05, 0) is 35.9 Å². The van der Waals surface area contributed by atoms with Gasteiger partial charge < -0.3 is 4.98 Å².